The number of nitrogen functional groups attached to an aromatic ring is 1. The summed E-state index contributed by atoms with van der Waals surface area (Å²) in [6, 6.07) is 13.8. The predicted molar refractivity (Wildman–Crippen MR) is 161 cm³/mol. The van der Waals surface area contributed by atoms with Gasteiger partial charge in [-0.2, -0.15) is 4.98 Å². The lowest BCUT2D eigenvalue weighted by Crippen LogP contribution is -2.17. The van der Waals surface area contributed by atoms with E-state index in [1.54, 1.807) is 6.20 Å². The van der Waals surface area contributed by atoms with E-state index in [0.29, 0.717) is 24.2 Å². The molecule has 0 radical (unpaired) electrons. The van der Waals surface area contributed by atoms with Crippen LogP contribution in [0.5, 0.6) is 0 Å². The Hall–Kier alpha value is -3.37. The van der Waals surface area contributed by atoms with Crippen LogP contribution in [-0.2, 0) is 23.3 Å². The van der Waals surface area contributed by atoms with Gasteiger partial charge in [0.05, 0.1) is 16.8 Å². The molecule has 4 aromatic rings. The van der Waals surface area contributed by atoms with Gasteiger partial charge in [0.2, 0.25) is 11.9 Å². The minimum absolute atomic E-state index is 0. The summed E-state index contributed by atoms with van der Waals surface area (Å²) in [7, 11) is 0.955. The lowest BCUT2D eigenvalue weighted by Gasteiger charge is -2.28. The second-order valence-corrected chi connectivity index (χ2v) is 12.5. The first kappa shape index (κ1) is 28.6. The summed E-state index contributed by atoms with van der Waals surface area (Å²) in [4.78, 5) is 16.1. The van der Waals surface area contributed by atoms with Gasteiger partial charge in [-0.05, 0) is 61.1 Å². The SMILES string of the molecule is CN(c1ccnc(Nc2cccc(CCS(C)(=O)=O)c2)n1)c1ccc2c(nc(N)n2C)c1C1CCCCC1.Cl. The Kier molecular flexibility index (Phi) is 8.66. The highest BCUT2D eigenvalue weighted by Crippen LogP contribution is 2.43. The van der Waals surface area contributed by atoms with Crippen molar-refractivity contribution in [2.75, 3.05) is 35.0 Å². The first-order valence-corrected chi connectivity index (χ1v) is 15.1. The lowest BCUT2D eigenvalue weighted by molar-refractivity contribution is 0.445. The zero-order valence-electron chi connectivity index (χ0n) is 22.6. The standard InChI is InChI=1S/C28H35N7O2S.ClH/c1-34(22-12-13-23-26(33-27(29)35(23)2)25(22)20-9-5-4-6-10-20)24-14-16-30-28(32-24)31-21-11-7-8-19(18-21)15-17-38(3,36)37;/h7-8,11-14,16,18,20H,4-6,9-10,15,17H2,1-3H3,(H2,29,33)(H,30,31,32);1H. The third kappa shape index (κ3) is 6.45. The summed E-state index contributed by atoms with van der Waals surface area (Å²) in [5.41, 5.74) is 12.3. The number of hydrogen-bond acceptors (Lipinski definition) is 8. The Balaban J connectivity index is 0.00000353. The van der Waals surface area contributed by atoms with Crippen LogP contribution < -0.4 is 16.0 Å². The number of fused-ring (bicyclic) bond motifs is 1. The molecule has 39 heavy (non-hydrogen) atoms. The maximum atomic E-state index is 11.6. The van der Waals surface area contributed by atoms with Crippen molar-refractivity contribution in [3.05, 3.63) is 59.8 Å². The largest absolute Gasteiger partial charge is 0.369 e. The first-order chi connectivity index (χ1) is 18.2. The summed E-state index contributed by atoms with van der Waals surface area (Å²) in [6.45, 7) is 0. The van der Waals surface area contributed by atoms with Crippen molar-refractivity contribution < 1.29 is 8.42 Å². The zero-order valence-corrected chi connectivity index (χ0v) is 24.2. The Morgan fingerprint density at radius 1 is 1.10 bits per heavy atom. The van der Waals surface area contributed by atoms with Gasteiger partial charge in [0, 0.05) is 43.5 Å². The normalized spacial score (nSPS) is 14.2. The highest BCUT2D eigenvalue weighted by atomic mass is 35.5. The van der Waals surface area contributed by atoms with Crippen molar-refractivity contribution in [1.82, 2.24) is 19.5 Å². The van der Waals surface area contributed by atoms with E-state index in [1.165, 1.54) is 31.1 Å². The number of nitrogens with zero attached hydrogens (tertiary/aromatic N) is 5. The zero-order chi connectivity index (χ0) is 26.9. The van der Waals surface area contributed by atoms with Gasteiger partial charge < -0.3 is 20.5 Å². The molecule has 3 N–H and O–H groups in total. The van der Waals surface area contributed by atoms with Crippen molar-refractivity contribution in [1.29, 1.82) is 0 Å². The highest BCUT2D eigenvalue weighted by molar-refractivity contribution is 7.90. The summed E-state index contributed by atoms with van der Waals surface area (Å²) in [5.74, 6) is 2.29. The van der Waals surface area contributed by atoms with Gasteiger partial charge in [-0.15, -0.1) is 12.4 Å². The summed E-state index contributed by atoms with van der Waals surface area (Å²) < 4.78 is 25.1. The molecule has 0 atom stereocenters. The Morgan fingerprint density at radius 2 is 1.87 bits per heavy atom. The second-order valence-electron chi connectivity index (χ2n) is 10.2. The van der Waals surface area contributed by atoms with Crippen LogP contribution in [0.25, 0.3) is 11.0 Å². The van der Waals surface area contributed by atoms with Crippen LogP contribution in [0.4, 0.5) is 29.1 Å². The fraction of sp³-hybridized carbons (Fsp3) is 0.393. The first-order valence-electron chi connectivity index (χ1n) is 13.0. The summed E-state index contributed by atoms with van der Waals surface area (Å²) in [6.07, 6.45) is 9.46. The van der Waals surface area contributed by atoms with Crippen LogP contribution >= 0.6 is 12.4 Å². The third-order valence-electron chi connectivity index (χ3n) is 7.41. The fourth-order valence-electron chi connectivity index (χ4n) is 5.33. The monoisotopic (exact) mass is 569 g/mol. The third-order valence-corrected chi connectivity index (χ3v) is 8.35. The fourth-order valence-corrected chi connectivity index (χ4v) is 5.94. The van der Waals surface area contributed by atoms with Gasteiger partial charge in [-0.25, -0.2) is 18.4 Å². The molecule has 208 valence electrons. The average molecular weight is 570 g/mol. The van der Waals surface area contributed by atoms with E-state index >= 15 is 0 Å². The molecule has 11 heteroatoms. The Bertz CT molecular complexity index is 1570. The smallest absolute Gasteiger partial charge is 0.229 e. The van der Waals surface area contributed by atoms with Gasteiger partial charge in [-0.3, -0.25) is 0 Å². The van der Waals surface area contributed by atoms with Crippen LogP contribution in [0.3, 0.4) is 0 Å². The number of aryl methyl sites for hydroxylation is 2. The number of anilines is 5. The number of aromatic nitrogens is 4. The van der Waals surface area contributed by atoms with E-state index in [-0.39, 0.29) is 18.2 Å². The predicted octanol–water partition coefficient (Wildman–Crippen LogP) is 5.51. The van der Waals surface area contributed by atoms with Gasteiger partial charge in [0.25, 0.3) is 0 Å². The number of nitrogens with two attached hydrogens (primary N) is 1. The molecule has 5 rings (SSSR count). The van der Waals surface area contributed by atoms with Crippen molar-refractivity contribution in [3.8, 4) is 0 Å². The van der Waals surface area contributed by atoms with Crippen molar-refractivity contribution in [2.45, 2.75) is 44.4 Å². The quantitative estimate of drug-likeness (QED) is 0.285. The molecule has 1 aliphatic rings. The van der Waals surface area contributed by atoms with E-state index < -0.39 is 9.84 Å². The summed E-state index contributed by atoms with van der Waals surface area (Å²) >= 11 is 0. The Labute approximate surface area is 236 Å². The topological polar surface area (TPSA) is 119 Å². The number of rotatable bonds is 8. The van der Waals surface area contributed by atoms with E-state index in [2.05, 4.69) is 27.3 Å². The molecule has 2 heterocycles. The summed E-state index contributed by atoms with van der Waals surface area (Å²) in [5, 5.41) is 3.28. The van der Waals surface area contributed by atoms with Gasteiger partial charge in [-0.1, -0.05) is 31.4 Å². The molecule has 1 saturated carbocycles. The van der Waals surface area contributed by atoms with Crippen molar-refractivity contribution in [2.24, 2.45) is 7.05 Å². The van der Waals surface area contributed by atoms with E-state index in [4.69, 9.17) is 15.7 Å². The highest BCUT2D eigenvalue weighted by Gasteiger charge is 2.26. The maximum Gasteiger partial charge on any atom is 0.229 e. The van der Waals surface area contributed by atoms with Crippen molar-refractivity contribution >= 4 is 62.4 Å². The molecular weight excluding hydrogens is 534 g/mol. The average Bonchev–Trinajstić information content (AvgIpc) is 3.20. The van der Waals surface area contributed by atoms with Gasteiger partial charge in [0.1, 0.15) is 15.7 Å². The molecule has 1 aliphatic carbocycles. The number of sulfone groups is 1. The van der Waals surface area contributed by atoms with Gasteiger partial charge >= 0.3 is 0 Å². The Morgan fingerprint density at radius 3 is 2.62 bits per heavy atom. The number of imidazole rings is 1. The number of nitrogens with one attached hydrogen (secondary N) is 1. The van der Waals surface area contributed by atoms with Crippen LogP contribution in [-0.4, -0.2) is 47.0 Å². The van der Waals surface area contributed by atoms with Crippen LogP contribution in [0.1, 0.15) is 49.1 Å². The molecule has 0 aliphatic heterocycles. The molecule has 9 nitrogen and oxygen atoms in total. The van der Waals surface area contributed by atoms with Crippen LogP contribution in [0.2, 0.25) is 0 Å². The molecule has 0 unspecified atom stereocenters. The molecule has 1 fully saturated rings. The molecule has 2 aromatic heterocycles. The van der Waals surface area contributed by atoms with Gasteiger partial charge in [0.15, 0.2) is 0 Å². The minimum Gasteiger partial charge on any atom is -0.369 e. The number of benzene rings is 2. The van der Waals surface area contributed by atoms with Crippen LogP contribution in [0.15, 0.2) is 48.7 Å². The minimum atomic E-state index is -3.03. The molecule has 0 amide bonds. The van der Waals surface area contributed by atoms with E-state index in [0.717, 1.165) is 46.6 Å². The molecule has 0 saturated heterocycles. The van der Waals surface area contributed by atoms with E-state index in [1.807, 2.05) is 49.0 Å². The maximum absolute atomic E-state index is 11.6. The molecule has 0 bridgehead atoms. The van der Waals surface area contributed by atoms with Crippen molar-refractivity contribution in [3.63, 3.8) is 0 Å². The number of halogens is 1. The molecular formula is C28H36ClN7O2S. The van der Waals surface area contributed by atoms with Crippen LogP contribution in [0, 0.1) is 0 Å². The molecule has 2 aromatic carbocycles. The second kappa shape index (κ2) is 11.8. The van der Waals surface area contributed by atoms with E-state index in [9.17, 15) is 8.42 Å². The molecule has 0 spiro atoms. The number of hydrogen-bond donors (Lipinski definition) is 2. The lowest BCUT2D eigenvalue weighted by atomic mass is 9.82.